The maximum absolute atomic E-state index is 13.7. The molecule has 2 N–H and O–H groups in total. The molecule has 29 heavy (non-hydrogen) atoms. The van der Waals surface area contributed by atoms with Gasteiger partial charge in [0.2, 0.25) is 0 Å². The third kappa shape index (κ3) is 5.77. The van der Waals surface area contributed by atoms with Gasteiger partial charge in [0.15, 0.2) is 5.96 Å². The number of hydrogen-bond donors (Lipinski definition) is 2. The van der Waals surface area contributed by atoms with Crippen LogP contribution in [0.1, 0.15) is 29.7 Å². The highest BCUT2D eigenvalue weighted by Crippen LogP contribution is 2.27. The third-order valence-corrected chi connectivity index (χ3v) is 8.30. The third-order valence-electron chi connectivity index (χ3n) is 4.84. The molecular weight excluding hydrogens is 411 g/mol. The Morgan fingerprint density at radius 2 is 1.90 bits per heavy atom. The molecule has 1 aliphatic rings. The Kier molecular flexibility index (Phi) is 7.63. The molecule has 0 bridgehead atoms. The van der Waals surface area contributed by atoms with Crippen molar-refractivity contribution < 1.29 is 12.8 Å². The first kappa shape index (κ1) is 21.7. The fraction of sp³-hybridized carbons (Fsp3) is 0.450. The first-order valence-corrected chi connectivity index (χ1v) is 12.0. The first-order valence-electron chi connectivity index (χ1n) is 9.77. The smallest absolute Gasteiger partial charge is 0.252 e. The second-order valence-electron chi connectivity index (χ2n) is 6.88. The fourth-order valence-electron chi connectivity index (χ4n) is 3.23. The summed E-state index contributed by atoms with van der Waals surface area (Å²) in [6.07, 6.45) is 3.49. The average Bonchev–Trinajstić information content (AvgIpc) is 3.22. The Balaban J connectivity index is 1.50. The number of nitrogens with one attached hydrogen (secondary N) is 2. The van der Waals surface area contributed by atoms with Crippen molar-refractivity contribution in [2.75, 3.05) is 26.7 Å². The van der Waals surface area contributed by atoms with Gasteiger partial charge in [0.05, 0.1) is 6.54 Å². The van der Waals surface area contributed by atoms with Crippen LogP contribution in [0, 0.1) is 5.82 Å². The quantitative estimate of drug-likeness (QED) is 0.515. The molecule has 1 aromatic heterocycles. The second-order valence-corrected chi connectivity index (χ2v) is 10.2. The monoisotopic (exact) mass is 438 g/mol. The highest BCUT2D eigenvalue weighted by molar-refractivity contribution is 7.91. The predicted octanol–water partition coefficient (Wildman–Crippen LogP) is 2.97. The lowest BCUT2D eigenvalue weighted by Gasteiger charge is -2.25. The van der Waals surface area contributed by atoms with Gasteiger partial charge in [0.1, 0.15) is 10.0 Å². The standard InChI is InChI=1S/C20H27FN4O2S2/c1-22-20(23-12-11-16-7-3-4-8-18(16)21)24-15-17-9-10-19(28-17)29(26,27)25-13-5-2-6-14-25/h3-4,7-10H,2,5-6,11-15H2,1H3,(H2,22,23,24). The van der Waals surface area contributed by atoms with Crippen LogP contribution in [0.2, 0.25) is 0 Å². The number of piperidine rings is 1. The molecule has 1 aliphatic heterocycles. The number of rotatable bonds is 7. The molecule has 1 saturated heterocycles. The van der Waals surface area contributed by atoms with Gasteiger partial charge in [-0.2, -0.15) is 4.31 Å². The molecule has 0 amide bonds. The van der Waals surface area contributed by atoms with E-state index in [2.05, 4.69) is 15.6 Å². The summed E-state index contributed by atoms with van der Waals surface area (Å²) in [4.78, 5) is 5.08. The van der Waals surface area contributed by atoms with Crippen molar-refractivity contribution in [2.45, 2.75) is 36.4 Å². The average molecular weight is 439 g/mol. The van der Waals surface area contributed by atoms with E-state index < -0.39 is 10.0 Å². The minimum Gasteiger partial charge on any atom is -0.356 e. The Labute approximate surface area is 175 Å². The van der Waals surface area contributed by atoms with Gasteiger partial charge in [-0.15, -0.1) is 11.3 Å². The summed E-state index contributed by atoms with van der Waals surface area (Å²) in [5.41, 5.74) is 0.654. The van der Waals surface area contributed by atoms with E-state index in [4.69, 9.17) is 0 Å². The van der Waals surface area contributed by atoms with Crippen molar-refractivity contribution in [1.29, 1.82) is 0 Å². The molecule has 6 nitrogen and oxygen atoms in total. The van der Waals surface area contributed by atoms with Crippen LogP contribution in [0.25, 0.3) is 0 Å². The predicted molar refractivity (Wildman–Crippen MR) is 115 cm³/mol. The van der Waals surface area contributed by atoms with E-state index in [1.807, 2.05) is 12.1 Å². The zero-order chi connectivity index (χ0) is 20.7. The van der Waals surface area contributed by atoms with E-state index in [0.29, 0.717) is 48.3 Å². The summed E-state index contributed by atoms with van der Waals surface area (Å²) >= 11 is 1.28. The van der Waals surface area contributed by atoms with E-state index in [0.717, 1.165) is 24.1 Å². The molecule has 0 saturated carbocycles. The van der Waals surface area contributed by atoms with Crippen LogP contribution in [0.15, 0.2) is 45.6 Å². The first-order chi connectivity index (χ1) is 14.0. The van der Waals surface area contributed by atoms with Crippen molar-refractivity contribution in [3.05, 3.63) is 52.7 Å². The number of halogens is 1. The molecule has 158 valence electrons. The molecule has 1 aromatic carbocycles. The van der Waals surface area contributed by atoms with Crippen molar-refractivity contribution in [2.24, 2.45) is 4.99 Å². The molecule has 0 aliphatic carbocycles. The summed E-state index contributed by atoms with van der Waals surface area (Å²) in [5, 5.41) is 6.33. The van der Waals surface area contributed by atoms with Crippen molar-refractivity contribution in [1.82, 2.24) is 14.9 Å². The summed E-state index contributed by atoms with van der Waals surface area (Å²) in [6, 6.07) is 10.2. The van der Waals surface area contributed by atoms with Crippen molar-refractivity contribution >= 4 is 27.3 Å². The summed E-state index contributed by atoms with van der Waals surface area (Å²) in [7, 11) is -1.73. The van der Waals surface area contributed by atoms with E-state index in [1.165, 1.54) is 17.4 Å². The van der Waals surface area contributed by atoms with Gasteiger partial charge < -0.3 is 10.6 Å². The fourth-order valence-corrected chi connectivity index (χ4v) is 6.20. The van der Waals surface area contributed by atoms with E-state index in [1.54, 1.807) is 29.6 Å². The Morgan fingerprint density at radius 3 is 2.62 bits per heavy atom. The normalized spacial score (nSPS) is 16.0. The molecule has 2 aromatic rings. The molecule has 2 heterocycles. The lowest BCUT2D eigenvalue weighted by Crippen LogP contribution is -2.37. The van der Waals surface area contributed by atoms with Gasteiger partial charge in [0, 0.05) is 31.6 Å². The zero-order valence-corrected chi connectivity index (χ0v) is 18.2. The Bertz CT molecular complexity index is 937. The number of guanidine groups is 1. The number of thiophene rings is 1. The highest BCUT2D eigenvalue weighted by Gasteiger charge is 2.27. The summed E-state index contributed by atoms with van der Waals surface area (Å²) < 4.78 is 41.1. The summed E-state index contributed by atoms with van der Waals surface area (Å²) in [5.74, 6) is 0.383. The number of sulfonamides is 1. The van der Waals surface area contributed by atoms with Crippen molar-refractivity contribution in [3.8, 4) is 0 Å². The molecule has 9 heteroatoms. The van der Waals surface area contributed by atoms with Crippen LogP contribution in [0.5, 0.6) is 0 Å². The van der Waals surface area contributed by atoms with Crippen LogP contribution in [0.4, 0.5) is 4.39 Å². The van der Waals surface area contributed by atoms with E-state index >= 15 is 0 Å². The lowest BCUT2D eigenvalue weighted by atomic mass is 10.1. The number of hydrogen-bond acceptors (Lipinski definition) is 4. The Morgan fingerprint density at radius 1 is 1.14 bits per heavy atom. The van der Waals surface area contributed by atoms with Crippen LogP contribution < -0.4 is 10.6 Å². The SMILES string of the molecule is CN=C(NCCc1ccccc1F)NCc1ccc(S(=O)(=O)N2CCCCC2)s1. The van der Waals surface area contributed by atoms with Gasteiger partial charge in [-0.05, 0) is 43.0 Å². The van der Waals surface area contributed by atoms with Crippen LogP contribution in [-0.4, -0.2) is 45.4 Å². The lowest BCUT2D eigenvalue weighted by molar-refractivity contribution is 0.347. The van der Waals surface area contributed by atoms with Crippen LogP contribution >= 0.6 is 11.3 Å². The largest absolute Gasteiger partial charge is 0.356 e. The number of benzene rings is 1. The molecule has 0 radical (unpaired) electrons. The van der Waals surface area contributed by atoms with Crippen LogP contribution in [-0.2, 0) is 23.0 Å². The van der Waals surface area contributed by atoms with Gasteiger partial charge in [0.25, 0.3) is 10.0 Å². The zero-order valence-electron chi connectivity index (χ0n) is 16.5. The maximum Gasteiger partial charge on any atom is 0.252 e. The van der Waals surface area contributed by atoms with Crippen LogP contribution in [0.3, 0.4) is 0 Å². The van der Waals surface area contributed by atoms with Gasteiger partial charge in [-0.25, -0.2) is 12.8 Å². The van der Waals surface area contributed by atoms with E-state index in [9.17, 15) is 12.8 Å². The molecule has 0 unspecified atom stereocenters. The topological polar surface area (TPSA) is 73.8 Å². The van der Waals surface area contributed by atoms with Crippen molar-refractivity contribution in [3.63, 3.8) is 0 Å². The maximum atomic E-state index is 13.7. The van der Waals surface area contributed by atoms with Gasteiger partial charge >= 0.3 is 0 Å². The molecule has 1 fully saturated rings. The number of nitrogens with zero attached hydrogens (tertiary/aromatic N) is 2. The molecule has 3 rings (SSSR count). The second kappa shape index (κ2) is 10.2. The summed E-state index contributed by atoms with van der Waals surface area (Å²) in [6.45, 7) is 2.22. The highest BCUT2D eigenvalue weighted by atomic mass is 32.2. The molecule has 0 spiro atoms. The molecular formula is C20H27FN4O2S2. The molecule has 0 atom stereocenters. The minimum atomic E-state index is -3.39. The number of aliphatic imine (C=N–C) groups is 1. The van der Waals surface area contributed by atoms with Gasteiger partial charge in [-0.3, -0.25) is 4.99 Å². The minimum absolute atomic E-state index is 0.210. The Hall–Kier alpha value is -1.97. The van der Waals surface area contributed by atoms with Gasteiger partial charge in [-0.1, -0.05) is 24.6 Å². The van der Waals surface area contributed by atoms with E-state index in [-0.39, 0.29) is 5.82 Å².